The minimum absolute atomic E-state index is 0.167. The molecule has 4 heteroatoms. The van der Waals surface area contributed by atoms with Crippen LogP contribution in [0.2, 0.25) is 0 Å². The molecule has 94 valence electrons. The van der Waals surface area contributed by atoms with Crippen LogP contribution in [-0.2, 0) is 14.4 Å². The molecule has 0 unspecified atom stereocenters. The average Bonchev–Trinajstić information content (AvgIpc) is 2.03. The van der Waals surface area contributed by atoms with Gasteiger partial charge in [0.05, 0.1) is 0 Å². The Kier molecular flexibility index (Phi) is 14.5. The summed E-state index contributed by atoms with van der Waals surface area (Å²) in [6, 6.07) is 0. The first-order valence-corrected chi connectivity index (χ1v) is 4.95. The standard InChI is InChI=1S/C5H10O.C4H7NO.C3H6O/c1-4(2)5(3)6;1-3(2)4(5)6;1-3(2)4/h4H,1-3H3;1H2,2H3,(H2,5,6);1-2H3. The van der Waals surface area contributed by atoms with E-state index in [1.807, 2.05) is 13.8 Å². The van der Waals surface area contributed by atoms with Crippen molar-refractivity contribution < 1.29 is 14.4 Å². The lowest BCUT2D eigenvalue weighted by atomic mass is 10.1. The van der Waals surface area contributed by atoms with E-state index >= 15 is 0 Å². The highest BCUT2D eigenvalue weighted by atomic mass is 16.1. The van der Waals surface area contributed by atoms with E-state index in [2.05, 4.69) is 6.58 Å². The minimum Gasteiger partial charge on any atom is -0.366 e. The second-order valence-electron chi connectivity index (χ2n) is 3.82. The molecule has 2 N–H and O–H groups in total. The topological polar surface area (TPSA) is 77.2 Å². The van der Waals surface area contributed by atoms with Gasteiger partial charge in [-0.25, -0.2) is 0 Å². The first-order chi connectivity index (χ1) is 7.02. The number of rotatable bonds is 2. The normalized spacial score (nSPS) is 7.94. The van der Waals surface area contributed by atoms with Gasteiger partial charge in [-0.3, -0.25) is 9.59 Å². The second kappa shape index (κ2) is 11.6. The summed E-state index contributed by atoms with van der Waals surface area (Å²) in [6.45, 7) is 13.3. The van der Waals surface area contributed by atoms with Gasteiger partial charge >= 0.3 is 0 Å². The molecule has 0 aliphatic heterocycles. The van der Waals surface area contributed by atoms with Crippen LogP contribution in [0.1, 0.15) is 41.5 Å². The zero-order chi connectivity index (χ0) is 13.9. The first kappa shape index (κ1) is 20.0. The first-order valence-electron chi connectivity index (χ1n) is 4.95. The van der Waals surface area contributed by atoms with Crippen LogP contribution in [0.4, 0.5) is 0 Å². The lowest BCUT2D eigenvalue weighted by Gasteiger charge is -1.90. The second-order valence-corrected chi connectivity index (χ2v) is 3.82. The van der Waals surface area contributed by atoms with E-state index in [0.29, 0.717) is 5.57 Å². The van der Waals surface area contributed by atoms with E-state index in [0.717, 1.165) is 0 Å². The molecule has 0 spiro atoms. The van der Waals surface area contributed by atoms with Crippen LogP contribution in [0, 0.1) is 5.92 Å². The van der Waals surface area contributed by atoms with Crippen LogP contribution in [0.15, 0.2) is 12.2 Å². The Morgan fingerprint density at radius 1 is 1.00 bits per heavy atom. The molecule has 0 aliphatic carbocycles. The zero-order valence-electron chi connectivity index (χ0n) is 11.1. The third-order valence-electron chi connectivity index (χ3n) is 1.23. The third-order valence-corrected chi connectivity index (χ3v) is 1.23. The van der Waals surface area contributed by atoms with Crippen molar-refractivity contribution >= 4 is 17.5 Å². The molecule has 0 aliphatic rings. The van der Waals surface area contributed by atoms with Crippen molar-refractivity contribution in [3.8, 4) is 0 Å². The molecule has 16 heavy (non-hydrogen) atoms. The number of ketones is 2. The number of hydrogen-bond donors (Lipinski definition) is 1. The molecule has 0 aromatic carbocycles. The van der Waals surface area contributed by atoms with Crippen molar-refractivity contribution in [2.24, 2.45) is 11.7 Å². The van der Waals surface area contributed by atoms with E-state index in [1.54, 1.807) is 13.8 Å². The highest BCUT2D eigenvalue weighted by molar-refractivity contribution is 5.90. The molecule has 0 saturated carbocycles. The number of primary amides is 1. The molecule has 4 nitrogen and oxygen atoms in total. The molecule has 0 fully saturated rings. The monoisotopic (exact) mass is 229 g/mol. The number of hydrogen-bond acceptors (Lipinski definition) is 3. The van der Waals surface area contributed by atoms with Crippen LogP contribution >= 0.6 is 0 Å². The van der Waals surface area contributed by atoms with Crippen molar-refractivity contribution in [3.63, 3.8) is 0 Å². The summed E-state index contributed by atoms with van der Waals surface area (Å²) < 4.78 is 0. The summed E-state index contributed by atoms with van der Waals surface area (Å²) in [5.41, 5.74) is 5.09. The molecular weight excluding hydrogens is 206 g/mol. The number of nitrogens with two attached hydrogens (primary N) is 1. The Bertz CT molecular complexity index is 239. The summed E-state index contributed by atoms with van der Waals surface area (Å²) in [7, 11) is 0. The van der Waals surface area contributed by atoms with Gasteiger partial charge in [-0.1, -0.05) is 20.4 Å². The lowest BCUT2D eigenvalue weighted by molar-refractivity contribution is -0.119. The fraction of sp³-hybridized carbons (Fsp3) is 0.583. The van der Waals surface area contributed by atoms with Gasteiger partial charge in [0, 0.05) is 11.5 Å². The molecule has 0 rings (SSSR count). The number of amides is 1. The van der Waals surface area contributed by atoms with Gasteiger partial charge in [0.25, 0.3) is 0 Å². The number of carbonyl (C=O) groups is 3. The van der Waals surface area contributed by atoms with Crippen LogP contribution in [0.3, 0.4) is 0 Å². The molecule has 0 aromatic heterocycles. The number of Topliss-reactive ketones (excluding diaryl/α,β-unsaturated/α-hetero) is 2. The van der Waals surface area contributed by atoms with Gasteiger partial charge in [0.15, 0.2) is 0 Å². The highest BCUT2D eigenvalue weighted by Crippen LogP contribution is 1.89. The van der Waals surface area contributed by atoms with E-state index in [-0.39, 0.29) is 17.5 Å². The van der Waals surface area contributed by atoms with Crippen LogP contribution in [0.5, 0.6) is 0 Å². The number of carbonyl (C=O) groups excluding carboxylic acids is 3. The molecule has 0 atom stereocenters. The summed E-state index contributed by atoms with van der Waals surface area (Å²) in [5, 5.41) is 0. The summed E-state index contributed by atoms with van der Waals surface area (Å²) in [6.07, 6.45) is 0. The fourth-order valence-corrected chi connectivity index (χ4v) is 0. The maximum Gasteiger partial charge on any atom is 0.243 e. The van der Waals surface area contributed by atoms with Crippen LogP contribution in [0.25, 0.3) is 0 Å². The molecule has 0 aromatic rings. The Morgan fingerprint density at radius 3 is 1.12 bits per heavy atom. The third kappa shape index (κ3) is 39.0. The van der Waals surface area contributed by atoms with E-state index in [1.165, 1.54) is 13.8 Å². The summed E-state index contributed by atoms with van der Waals surface area (Å²) in [5.74, 6) is 0.204. The highest BCUT2D eigenvalue weighted by Gasteiger charge is 1.95. The largest absolute Gasteiger partial charge is 0.366 e. The average molecular weight is 229 g/mol. The SMILES string of the molecule is C=C(C)C(N)=O.CC(=O)C(C)C.CC(C)=O. The summed E-state index contributed by atoms with van der Waals surface area (Å²) >= 11 is 0. The maximum absolute atomic E-state index is 10.1. The predicted molar refractivity (Wildman–Crippen MR) is 65.9 cm³/mol. The maximum atomic E-state index is 10.1. The smallest absolute Gasteiger partial charge is 0.243 e. The molecule has 0 bridgehead atoms. The van der Waals surface area contributed by atoms with Crippen LogP contribution < -0.4 is 5.73 Å². The Labute approximate surface area is 97.9 Å². The van der Waals surface area contributed by atoms with Crippen molar-refractivity contribution in [2.75, 3.05) is 0 Å². The molecule has 0 heterocycles. The van der Waals surface area contributed by atoms with Gasteiger partial charge in [0.1, 0.15) is 11.6 Å². The molecule has 1 amide bonds. The van der Waals surface area contributed by atoms with E-state index in [9.17, 15) is 14.4 Å². The van der Waals surface area contributed by atoms with Crippen molar-refractivity contribution in [1.82, 2.24) is 0 Å². The minimum atomic E-state index is -0.435. The Hall–Kier alpha value is -1.45. The fourth-order valence-electron chi connectivity index (χ4n) is 0. The quantitative estimate of drug-likeness (QED) is 0.734. The van der Waals surface area contributed by atoms with Crippen molar-refractivity contribution in [3.05, 3.63) is 12.2 Å². The van der Waals surface area contributed by atoms with Gasteiger partial charge in [-0.2, -0.15) is 0 Å². The van der Waals surface area contributed by atoms with Gasteiger partial charge in [-0.05, 0) is 27.7 Å². The van der Waals surface area contributed by atoms with Gasteiger partial charge < -0.3 is 10.5 Å². The Balaban J connectivity index is -0.000000162. The molecule has 0 radical (unpaired) electrons. The molecule has 0 saturated heterocycles. The Morgan fingerprint density at radius 2 is 1.12 bits per heavy atom. The van der Waals surface area contributed by atoms with Crippen LogP contribution in [-0.4, -0.2) is 17.5 Å². The van der Waals surface area contributed by atoms with E-state index < -0.39 is 5.91 Å². The van der Waals surface area contributed by atoms with Crippen molar-refractivity contribution in [1.29, 1.82) is 0 Å². The van der Waals surface area contributed by atoms with E-state index in [4.69, 9.17) is 5.73 Å². The summed E-state index contributed by atoms with van der Waals surface area (Å²) in [4.78, 5) is 29.4. The lowest BCUT2D eigenvalue weighted by Crippen LogP contribution is -2.10. The predicted octanol–water partition coefficient (Wildman–Crippen LogP) is 1.87. The van der Waals surface area contributed by atoms with Crippen molar-refractivity contribution in [2.45, 2.75) is 41.5 Å². The van der Waals surface area contributed by atoms with Gasteiger partial charge in [0.2, 0.25) is 5.91 Å². The molecular formula is C12H23NO3. The zero-order valence-corrected chi connectivity index (χ0v) is 11.1. The van der Waals surface area contributed by atoms with Gasteiger partial charge in [-0.15, -0.1) is 0 Å².